The zero-order valence-electron chi connectivity index (χ0n) is 12.3. The molecular formula is C15H19ClN2O4. The highest BCUT2D eigenvalue weighted by atomic mass is 35.5. The molecular weight excluding hydrogens is 308 g/mol. The van der Waals surface area contributed by atoms with E-state index in [0.29, 0.717) is 30.3 Å². The van der Waals surface area contributed by atoms with E-state index in [1.165, 1.54) is 0 Å². The topological polar surface area (TPSA) is 81.9 Å². The average molecular weight is 327 g/mol. The SMILES string of the molecule is CC1CN(C(=O)COc2ccc(Cl)cc2)CCC1OC(N)=O. The molecule has 2 atom stereocenters. The lowest BCUT2D eigenvalue weighted by atomic mass is 9.96. The van der Waals surface area contributed by atoms with Crippen molar-refractivity contribution >= 4 is 23.6 Å². The van der Waals surface area contributed by atoms with E-state index in [1.54, 1.807) is 29.2 Å². The summed E-state index contributed by atoms with van der Waals surface area (Å²) in [7, 11) is 0. The fourth-order valence-corrected chi connectivity index (χ4v) is 2.57. The Labute approximate surface area is 134 Å². The van der Waals surface area contributed by atoms with Crippen LogP contribution in [-0.2, 0) is 9.53 Å². The summed E-state index contributed by atoms with van der Waals surface area (Å²) in [6.07, 6.45) is -0.432. The van der Waals surface area contributed by atoms with Crippen molar-refractivity contribution in [1.82, 2.24) is 4.90 Å². The third kappa shape index (κ3) is 4.53. The van der Waals surface area contributed by atoms with Crippen LogP contribution >= 0.6 is 11.6 Å². The van der Waals surface area contributed by atoms with Crippen LogP contribution in [0.5, 0.6) is 5.75 Å². The zero-order chi connectivity index (χ0) is 16.1. The molecule has 1 heterocycles. The van der Waals surface area contributed by atoms with Crippen molar-refractivity contribution in [2.24, 2.45) is 11.7 Å². The number of ether oxygens (including phenoxy) is 2. The lowest BCUT2D eigenvalue weighted by Gasteiger charge is -2.36. The van der Waals surface area contributed by atoms with Crippen LogP contribution in [0.2, 0.25) is 5.02 Å². The molecule has 2 N–H and O–H groups in total. The van der Waals surface area contributed by atoms with Crippen LogP contribution in [0.25, 0.3) is 0 Å². The maximum Gasteiger partial charge on any atom is 0.404 e. The molecule has 1 fully saturated rings. The lowest BCUT2D eigenvalue weighted by Crippen LogP contribution is -2.48. The van der Waals surface area contributed by atoms with E-state index in [9.17, 15) is 9.59 Å². The molecule has 7 heteroatoms. The van der Waals surface area contributed by atoms with Crippen molar-refractivity contribution in [1.29, 1.82) is 0 Å². The molecule has 0 bridgehead atoms. The molecule has 22 heavy (non-hydrogen) atoms. The first-order valence-corrected chi connectivity index (χ1v) is 7.45. The Morgan fingerprint density at radius 2 is 2.05 bits per heavy atom. The van der Waals surface area contributed by atoms with Crippen molar-refractivity contribution in [3.8, 4) is 5.75 Å². The fourth-order valence-electron chi connectivity index (χ4n) is 2.44. The van der Waals surface area contributed by atoms with Gasteiger partial charge in [-0.2, -0.15) is 0 Å². The minimum atomic E-state index is -0.775. The first-order valence-electron chi connectivity index (χ1n) is 7.08. The van der Waals surface area contributed by atoms with Crippen molar-refractivity contribution in [3.05, 3.63) is 29.3 Å². The number of piperidine rings is 1. The highest BCUT2D eigenvalue weighted by Crippen LogP contribution is 2.20. The number of rotatable bonds is 4. The van der Waals surface area contributed by atoms with E-state index in [2.05, 4.69) is 0 Å². The van der Waals surface area contributed by atoms with Gasteiger partial charge in [0.1, 0.15) is 11.9 Å². The third-order valence-corrected chi connectivity index (χ3v) is 3.87. The Balaban J connectivity index is 1.81. The van der Waals surface area contributed by atoms with Gasteiger partial charge in [0.15, 0.2) is 6.61 Å². The van der Waals surface area contributed by atoms with Gasteiger partial charge in [0.05, 0.1) is 0 Å². The average Bonchev–Trinajstić information content (AvgIpc) is 2.48. The van der Waals surface area contributed by atoms with Gasteiger partial charge in [0, 0.05) is 30.5 Å². The molecule has 0 saturated carbocycles. The highest BCUT2D eigenvalue weighted by molar-refractivity contribution is 6.30. The van der Waals surface area contributed by atoms with Gasteiger partial charge in [0.25, 0.3) is 5.91 Å². The first-order chi connectivity index (χ1) is 10.5. The van der Waals surface area contributed by atoms with E-state index in [1.807, 2.05) is 6.92 Å². The summed E-state index contributed by atoms with van der Waals surface area (Å²) in [4.78, 5) is 24.7. The van der Waals surface area contributed by atoms with Gasteiger partial charge < -0.3 is 20.1 Å². The summed E-state index contributed by atoms with van der Waals surface area (Å²) in [5, 5.41) is 0.615. The second kappa shape index (κ2) is 7.35. The number of carbonyl (C=O) groups excluding carboxylic acids is 2. The van der Waals surface area contributed by atoms with Crippen LogP contribution in [0.3, 0.4) is 0 Å². The second-order valence-electron chi connectivity index (χ2n) is 5.32. The van der Waals surface area contributed by atoms with Crippen molar-refractivity contribution < 1.29 is 19.1 Å². The monoisotopic (exact) mass is 326 g/mol. The summed E-state index contributed by atoms with van der Waals surface area (Å²) in [6.45, 7) is 2.93. The van der Waals surface area contributed by atoms with Crippen LogP contribution < -0.4 is 10.5 Å². The molecule has 2 unspecified atom stereocenters. The van der Waals surface area contributed by atoms with Gasteiger partial charge >= 0.3 is 6.09 Å². The predicted molar refractivity (Wildman–Crippen MR) is 81.8 cm³/mol. The normalized spacial score (nSPS) is 21.3. The standard InChI is InChI=1S/C15H19ClN2O4/c1-10-8-18(7-6-13(10)22-15(17)20)14(19)9-21-12-4-2-11(16)3-5-12/h2-5,10,13H,6-9H2,1H3,(H2,17,20). The Morgan fingerprint density at radius 1 is 1.36 bits per heavy atom. The number of benzene rings is 1. The second-order valence-corrected chi connectivity index (χ2v) is 5.76. The fraction of sp³-hybridized carbons (Fsp3) is 0.467. The smallest absolute Gasteiger partial charge is 0.404 e. The number of carbonyl (C=O) groups is 2. The molecule has 1 aromatic carbocycles. The van der Waals surface area contributed by atoms with Gasteiger partial charge in [-0.15, -0.1) is 0 Å². The number of nitrogens with two attached hydrogens (primary N) is 1. The predicted octanol–water partition coefficient (Wildman–Crippen LogP) is 2.05. The van der Waals surface area contributed by atoms with Crippen molar-refractivity contribution in [2.75, 3.05) is 19.7 Å². The Kier molecular flexibility index (Phi) is 5.49. The van der Waals surface area contributed by atoms with Gasteiger partial charge in [-0.25, -0.2) is 4.79 Å². The molecule has 0 aromatic heterocycles. The van der Waals surface area contributed by atoms with Gasteiger partial charge in [-0.1, -0.05) is 18.5 Å². The van der Waals surface area contributed by atoms with Crippen molar-refractivity contribution in [2.45, 2.75) is 19.4 Å². The molecule has 0 spiro atoms. The largest absolute Gasteiger partial charge is 0.484 e. The third-order valence-electron chi connectivity index (χ3n) is 3.62. The first kappa shape index (κ1) is 16.4. The molecule has 1 saturated heterocycles. The Hall–Kier alpha value is -1.95. The van der Waals surface area contributed by atoms with Crippen molar-refractivity contribution in [3.63, 3.8) is 0 Å². The summed E-state index contributed by atoms with van der Waals surface area (Å²) >= 11 is 5.79. The number of nitrogens with zero attached hydrogens (tertiary/aromatic N) is 1. The van der Waals surface area contributed by atoms with Gasteiger partial charge in [0.2, 0.25) is 0 Å². The van der Waals surface area contributed by atoms with E-state index in [-0.39, 0.29) is 24.5 Å². The van der Waals surface area contributed by atoms with E-state index < -0.39 is 6.09 Å². The minimum Gasteiger partial charge on any atom is -0.484 e. The van der Waals surface area contributed by atoms with E-state index in [4.69, 9.17) is 26.8 Å². The molecule has 0 radical (unpaired) electrons. The number of hydrogen-bond donors (Lipinski definition) is 1. The summed E-state index contributed by atoms with van der Waals surface area (Å²) < 4.78 is 10.5. The summed E-state index contributed by atoms with van der Waals surface area (Å²) in [5.74, 6) is 0.540. The van der Waals surface area contributed by atoms with Crippen LogP contribution in [0.15, 0.2) is 24.3 Å². The highest BCUT2D eigenvalue weighted by Gasteiger charge is 2.30. The molecule has 120 valence electrons. The van der Waals surface area contributed by atoms with Crippen LogP contribution in [0.1, 0.15) is 13.3 Å². The molecule has 6 nitrogen and oxygen atoms in total. The zero-order valence-corrected chi connectivity index (χ0v) is 13.1. The van der Waals surface area contributed by atoms with E-state index in [0.717, 1.165) is 0 Å². The molecule has 0 aliphatic carbocycles. The number of hydrogen-bond acceptors (Lipinski definition) is 4. The Morgan fingerprint density at radius 3 is 2.64 bits per heavy atom. The summed E-state index contributed by atoms with van der Waals surface area (Å²) in [5.41, 5.74) is 5.03. The number of primary amides is 1. The van der Waals surface area contributed by atoms with Crippen LogP contribution in [0.4, 0.5) is 4.79 Å². The quantitative estimate of drug-likeness (QED) is 0.918. The van der Waals surface area contributed by atoms with Crippen LogP contribution in [-0.4, -0.2) is 42.7 Å². The van der Waals surface area contributed by atoms with Gasteiger partial charge in [-0.05, 0) is 24.3 Å². The lowest BCUT2D eigenvalue weighted by molar-refractivity contribution is -0.136. The molecule has 1 aromatic rings. The maximum atomic E-state index is 12.2. The minimum absolute atomic E-state index is 0.0320. The van der Waals surface area contributed by atoms with E-state index >= 15 is 0 Å². The number of halogens is 1. The molecule has 2 amide bonds. The summed E-state index contributed by atoms with van der Waals surface area (Å²) in [6, 6.07) is 6.84. The molecule has 1 aliphatic rings. The van der Waals surface area contributed by atoms with Crippen LogP contribution in [0, 0.1) is 5.92 Å². The maximum absolute atomic E-state index is 12.2. The number of amides is 2. The molecule has 1 aliphatic heterocycles. The van der Waals surface area contributed by atoms with Gasteiger partial charge in [-0.3, -0.25) is 4.79 Å². The number of likely N-dealkylation sites (tertiary alicyclic amines) is 1. The molecule has 2 rings (SSSR count). The Bertz CT molecular complexity index is 535.